The Bertz CT molecular complexity index is 405. The van der Waals surface area contributed by atoms with Crippen LogP contribution in [0.2, 0.25) is 0 Å². The number of carboxylic acids is 1. The van der Waals surface area contributed by atoms with Crippen LogP contribution in [0.25, 0.3) is 0 Å². The summed E-state index contributed by atoms with van der Waals surface area (Å²) in [7, 11) is 3.19. The fourth-order valence-electron chi connectivity index (χ4n) is 2.17. The van der Waals surface area contributed by atoms with Crippen molar-refractivity contribution in [3.8, 4) is 0 Å². The molecule has 3 N–H and O–H groups in total. The van der Waals surface area contributed by atoms with Crippen LogP contribution < -0.4 is 10.6 Å². The zero-order valence-electron chi connectivity index (χ0n) is 12.6. The third-order valence-corrected chi connectivity index (χ3v) is 3.65. The van der Waals surface area contributed by atoms with Gasteiger partial charge in [-0.1, -0.05) is 0 Å². The molecule has 8 nitrogen and oxygen atoms in total. The van der Waals surface area contributed by atoms with E-state index in [0.29, 0.717) is 26.1 Å². The molecule has 1 atom stereocenters. The predicted octanol–water partition coefficient (Wildman–Crippen LogP) is -0.356. The van der Waals surface area contributed by atoms with E-state index in [1.165, 1.54) is 4.90 Å². The van der Waals surface area contributed by atoms with Crippen LogP contribution in [0.15, 0.2) is 0 Å². The topological polar surface area (TPSA) is 108 Å². The lowest BCUT2D eigenvalue weighted by atomic mass is 9.80. The van der Waals surface area contributed by atoms with Gasteiger partial charge < -0.3 is 25.4 Å². The van der Waals surface area contributed by atoms with Gasteiger partial charge in [-0.2, -0.15) is 0 Å². The molecule has 1 rings (SSSR count). The molecule has 0 aromatic rings. The summed E-state index contributed by atoms with van der Waals surface area (Å²) in [6.07, 6.45) is 0.712. The number of urea groups is 1. The van der Waals surface area contributed by atoms with E-state index >= 15 is 0 Å². The van der Waals surface area contributed by atoms with E-state index in [2.05, 4.69) is 10.6 Å². The van der Waals surface area contributed by atoms with E-state index in [9.17, 15) is 19.5 Å². The third kappa shape index (κ3) is 4.59. The van der Waals surface area contributed by atoms with E-state index in [0.717, 1.165) is 0 Å². The van der Waals surface area contributed by atoms with Gasteiger partial charge in [0.2, 0.25) is 5.91 Å². The van der Waals surface area contributed by atoms with Crippen LogP contribution >= 0.6 is 0 Å². The van der Waals surface area contributed by atoms with Gasteiger partial charge in [-0.15, -0.1) is 0 Å². The molecule has 1 saturated heterocycles. The normalized spacial score (nSPS) is 18.4. The molecule has 1 fully saturated rings. The Hall–Kier alpha value is -1.83. The van der Waals surface area contributed by atoms with Gasteiger partial charge in [0.15, 0.2) is 0 Å². The Balaban J connectivity index is 2.51. The summed E-state index contributed by atoms with van der Waals surface area (Å²) in [4.78, 5) is 36.2. The van der Waals surface area contributed by atoms with Gasteiger partial charge in [-0.25, -0.2) is 4.79 Å². The number of nitrogens with one attached hydrogen (secondary N) is 2. The third-order valence-electron chi connectivity index (χ3n) is 3.65. The van der Waals surface area contributed by atoms with Crippen molar-refractivity contribution in [2.45, 2.75) is 25.8 Å². The maximum atomic E-state index is 11.8. The number of hydrogen-bond acceptors (Lipinski definition) is 4. The van der Waals surface area contributed by atoms with Crippen LogP contribution in [-0.2, 0) is 14.3 Å². The molecule has 0 aromatic heterocycles. The summed E-state index contributed by atoms with van der Waals surface area (Å²) >= 11 is 0. The molecular formula is C13H23N3O5. The molecule has 120 valence electrons. The van der Waals surface area contributed by atoms with Crippen LogP contribution in [0.4, 0.5) is 4.79 Å². The van der Waals surface area contributed by atoms with Crippen molar-refractivity contribution in [2.75, 3.05) is 33.9 Å². The van der Waals surface area contributed by atoms with E-state index in [1.807, 2.05) is 0 Å². The number of aliphatic carboxylic acids is 1. The quantitative estimate of drug-likeness (QED) is 0.643. The smallest absolute Gasteiger partial charge is 0.315 e. The summed E-state index contributed by atoms with van der Waals surface area (Å²) in [6.45, 7) is 2.32. The first kappa shape index (κ1) is 17.2. The SMILES string of the molecule is CC(NC(=O)NCC1(C(=O)O)CCOCC1)C(=O)N(C)C. The first-order chi connectivity index (χ1) is 9.78. The van der Waals surface area contributed by atoms with Crippen molar-refractivity contribution >= 4 is 17.9 Å². The molecule has 0 spiro atoms. The van der Waals surface area contributed by atoms with Crippen molar-refractivity contribution in [1.29, 1.82) is 0 Å². The lowest BCUT2D eigenvalue weighted by Gasteiger charge is -2.33. The number of carboxylic acid groups (broad SMARTS) is 1. The minimum absolute atomic E-state index is 0.0143. The van der Waals surface area contributed by atoms with Crippen LogP contribution in [0.3, 0.4) is 0 Å². The average molecular weight is 301 g/mol. The molecule has 1 aliphatic rings. The summed E-state index contributed by atoms with van der Waals surface area (Å²) in [5.74, 6) is -1.17. The highest BCUT2D eigenvalue weighted by molar-refractivity contribution is 5.86. The largest absolute Gasteiger partial charge is 0.481 e. The fourth-order valence-corrected chi connectivity index (χ4v) is 2.17. The predicted molar refractivity (Wildman–Crippen MR) is 74.8 cm³/mol. The van der Waals surface area contributed by atoms with Crippen molar-refractivity contribution in [3.63, 3.8) is 0 Å². The molecule has 1 heterocycles. The number of nitrogens with zero attached hydrogens (tertiary/aromatic N) is 1. The lowest BCUT2D eigenvalue weighted by molar-refractivity contribution is -0.154. The van der Waals surface area contributed by atoms with Crippen molar-refractivity contribution < 1.29 is 24.2 Å². The molecule has 0 aromatic carbocycles. The van der Waals surface area contributed by atoms with Gasteiger partial charge in [-0.05, 0) is 19.8 Å². The van der Waals surface area contributed by atoms with Crippen LogP contribution in [0.5, 0.6) is 0 Å². The standard InChI is InChI=1S/C13H23N3O5/c1-9(10(17)16(2)3)15-12(20)14-8-13(11(18)19)4-6-21-7-5-13/h9H,4-8H2,1-3H3,(H,18,19)(H2,14,15,20). The van der Waals surface area contributed by atoms with Gasteiger partial charge in [0.1, 0.15) is 6.04 Å². The number of carbonyl (C=O) groups excluding carboxylic acids is 2. The van der Waals surface area contributed by atoms with Crippen LogP contribution in [0, 0.1) is 5.41 Å². The van der Waals surface area contributed by atoms with Crippen molar-refractivity contribution in [2.24, 2.45) is 5.41 Å². The summed E-state index contributed by atoms with van der Waals surface area (Å²) in [5.41, 5.74) is -0.996. The molecule has 0 bridgehead atoms. The highest BCUT2D eigenvalue weighted by atomic mass is 16.5. The maximum absolute atomic E-state index is 11.8. The Morgan fingerprint density at radius 3 is 2.33 bits per heavy atom. The Morgan fingerprint density at radius 2 is 1.86 bits per heavy atom. The van der Waals surface area contributed by atoms with Crippen molar-refractivity contribution in [3.05, 3.63) is 0 Å². The lowest BCUT2D eigenvalue weighted by Crippen LogP contribution is -2.52. The van der Waals surface area contributed by atoms with Gasteiger partial charge in [0.05, 0.1) is 5.41 Å². The zero-order chi connectivity index (χ0) is 16.0. The van der Waals surface area contributed by atoms with Crippen molar-refractivity contribution in [1.82, 2.24) is 15.5 Å². The van der Waals surface area contributed by atoms with Gasteiger partial charge in [0.25, 0.3) is 0 Å². The number of carbonyl (C=O) groups is 3. The van der Waals surface area contributed by atoms with E-state index < -0.39 is 23.5 Å². The second kappa shape index (κ2) is 7.26. The van der Waals surface area contributed by atoms with Crippen LogP contribution in [0.1, 0.15) is 19.8 Å². The Morgan fingerprint density at radius 1 is 1.29 bits per heavy atom. The molecule has 0 radical (unpaired) electrons. The first-order valence-electron chi connectivity index (χ1n) is 6.85. The Labute approximate surface area is 123 Å². The number of likely N-dealkylation sites (N-methyl/N-ethyl adjacent to an activating group) is 1. The first-order valence-corrected chi connectivity index (χ1v) is 6.85. The van der Waals surface area contributed by atoms with Gasteiger partial charge in [0, 0.05) is 33.9 Å². The highest BCUT2D eigenvalue weighted by Crippen LogP contribution is 2.29. The second-order valence-corrected chi connectivity index (χ2v) is 5.48. The van der Waals surface area contributed by atoms with E-state index in [1.54, 1.807) is 21.0 Å². The van der Waals surface area contributed by atoms with Gasteiger partial charge >= 0.3 is 12.0 Å². The number of rotatable bonds is 5. The Kier molecular flexibility index (Phi) is 5.95. The zero-order valence-corrected chi connectivity index (χ0v) is 12.6. The molecule has 0 aliphatic carbocycles. The molecular weight excluding hydrogens is 278 g/mol. The molecule has 0 saturated carbocycles. The summed E-state index contributed by atoms with van der Waals surface area (Å²) < 4.78 is 5.16. The number of ether oxygens (including phenoxy) is 1. The minimum atomic E-state index is -0.996. The molecule has 1 aliphatic heterocycles. The van der Waals surface area contributed by atoms with E-state index in [4.69, 9.17) is 4.74 Å². The van der Waals surface area contributed by atoms with Gasteiger partial charge in [-0.3, -0.25) is 9.59 Å². The molecule has 3 amide bonds. The second-order valence-electron chi connectivity index (χ2n) is 5.48. The fraction of sp³-hybridized carbons (Fsp3) is 0.769. The van der Waals surface area contributed by atoms with E-state index in [-0.39, 0.29) is 12.5 Å². The number of hydrogen-bond donors (Lipinski definition) is 3. The molecule has 21 heavy (non-hydrogen) atoms. The highest BCUT2D eigenvalue weighted by Gasteiger charge is 2.40. The molecule has 1 unspecified atom stereocenters. The minimum Gasteiger partial charge on any atom is -0.481 e. The summed E-state index contributed by atoms with van der Waals surface area (Å²) in [5, 5.41) is 14.4. The monoisotopic (exact) mass is 301 g/mol. The average Bonchev–Trinajstić information content (AvgIpc) is 2.44. The molecule has 8 heteroatoms. The maximum Gasteiger partial charge on any atom is 0.315 e. The van der Waals surface area contributed by atoms with Crippen LogP contribution in [-0.4, -0.2) is 67.8 Å². The number of amides is 3. The summed E-state index contributed by atoms with van der Waals surface area (Å²) in [6, 6.07) is -1.22.